The molecule has 2 aliphatic rings. The zero-order chi connectivity index (χ0) is 13.9. The standard InChI is InChI=1S/C16H24ClN3/c1-18-11-13-5-6-14(17)10-16(13)20-9-8-19-7-3-2-4-15(19)12-20/h5-6,10,15,18H,2-4,7-9,11-12H2,1H3. The molecule has 0 radical (unpaired) electrons. The molecule has 2 fully saturated rings. The molecule has 2 aliphatic heterocycles. The van der Waals surface area contributed by atoms with Crippen molar-refractivity contribution in [2.24, 2.45) is 0 Å². The van der Waals surface area contributed by atoms with Crippen molar-refractivity contribution in [1.29, 1.82) is 0 Å². The van der Waals surface area contributed by atoms with Gasteiger partial charge in [-0.1, -0.05) is 24.1 Å². The van der Waals surface area contributed by atoms with E-state index in [1.807, 2.05) is 13.1 Å². The van der Waals surface area contributed by atoms with E-state index >= 15 is 0 Å². The number of anilines is 1. The number of benzene rings is 1. The summed E-state index contributed by atoms with van der Waals surface area (Å²) in [4.78, 5) is 5.20. The van der Waals surface area contributed by atoms with Crippen LogP contribution < -0.4 is 10.2 Å². The van der Waals surface area contributed by atoms with Crippen LogP contribution in [-0.4, -0.2) is 44.2 Å². The third-order valence-electron chi connectivity index (χ3n) is 4.59. The molecule has 4 heteroatoms. The maximum Gasteiger partial charge on any atom is 0.0427 e. The van der Waals surface area contributed by atoms with Gasteiger partial charge in [-0.25, -0.2) is 0 Å². The molecule has 1 atom stereocenters. The molecule has 1 unspecified atom stereocenters. The van der Waals surface area contributed by atoms with Gasteiger partial charge in [-0.05, 0) is 44.1 Å². The van der Waals surface area contributed by atoms with Gasteiger partial charge in [0.25, 0.3) is 0 Å². The van der Waals surface area contributed by atoms with Crippen LogP contribution in [0.25, 0.3) is 0 Å². The number of piperazine rings is 1. The molecule has 0 amide bonds. The fraction of sp³-hybridized carbons (Fsp3) is 0.625. The quantitative estimate of drug-likeness (QED) is 0.924. The molecular formula is C16H24ClN3. The van der Waals surface area contributed by atoms with Crippen LogP contribution in [0, 0.1) is 0 Å². The minimum Gasteiger partial charge on any atom is -0.368 e. The van der Waals surface area contributed by atoms with E-state index in [1.54, 1.807) is 0 Å². The van der Waals surface area contributed by atoms with Crippen LogP contribution in [-0.2, 0) is 6.54 Å². The molecule has 110 valence electrons. The highest BCUT2D eigenvalue weighted by atomic mass is 35.5. The van der Waals surface area contributed by atoms with Gasteiger partial charge in [0, 0.05) is 42.9 Å². The summed E-state index contributed by atoms with van der Waals surface area (Å²) in [5.74, 6) is 0. The molecule has 1 aromatic rings. The maximum absolute atomic E-state index is 6.22. The van der Waals surface area contributed by atoms with Gasteiger partial charge in [-0.3, -0.25) is 4.90 Å². The van der Waals surface area contributed by atoms with E-state index in [2.05, 4.69) is 27.2 Å². The van der Waals surface area contributed by atoms with Crippen molar-refractivity contribution in [2.75, 3.05) is 38.1 Å². The molecule has 1 aromatic carbocycles. The number of hydrogen-bond donors (Lipinski definition) is 1. The first kappa shape index (κ1) is 14.2. The first-order valence-corrected chi connectivity index (χ1v) is 8.08. The van der Waals surface area contributed by atoms with Crippen LogP contribution in [0.1, 0.15) is 24.8 Å². The summed E-state index contributed by atoms with van der Waals surface area (Å²) >= 11 is 6.22. The summed E-state index contributed by atoms with van der Waals surface area (Å²) in [6, 6.07) is 7.02. The number of nitrogens with zero attached hydrogens (tertiary/aromatic N) is 2. The van der Waals surface area contributed by atoms with E-state index in [-0.39, 0.29) is 0 Å². The normalized spacial score (nSPS) is 23.7. The largest absolute Gasteiger partial charge is 0.368 e. The third kappa shape index (κ3) is 2.95. The van der Waals surface area contributed by atoms with Gasteiger partial charge in [0.2, 0.25) is 0 Å². The predicted octanol–water partition coefficient (Wildman–Crippen LogP) is 2.73. The van der Waals surface area contributed by atoms with Crippen molar-refractivity contribution in [3.05, 3.63) is 28.8 Å². The molecule has 3 rings (SSSR count). The monoisotopic (exact) mass is 293 g/mol. The Balaban J connectivity index is 1.80. The van der Waals surface area contributed by atoms with E-state index < -0.39 is 0 Å². The number of rotatable bonds is 3. The van der Waals surface area contributed by atoms with Gasteiger partial charge in [0.05, 0.1) is 0 Å². The Hall–Kier alpha value is -0.770. The second-order valence-corrected chi connectivity index (χ2v) is 6.37. The number of halogens is 1. The molecule has 0 bridgehead atoms. The summed E-state index contributed by atoms with van der Waals surface area (Å²) in [6.45, 7) is 5.65. The van der Waals surface area contributed by atoms with E-state index in [1.165, 1.54) is 43.6 Å². The molecule has 0 saturated carbocycles. The zero-order valence-corrected chi connectivity index (χ0v) is 13.0. The average molecular weight is 294 g/mol. The lowest BCUT2D eigenvalue weighted by molar-refractivity contribution is 0.133. The fourth-order valence-electron chi connectivity index (χ4n) is 3.55. The summed E-state index contributed by atoms with van der Waals surface area (Å²) < 4.78 is 0. The van der Waals surface area contributed by atoms with Gasteiger partial charge in [0.15, 0.2) is 0 Å². The highest BCUT2D eigenvalue weighted by molar-refractivity contribution is 6.30. The van der Waals surface area contributed by atoms with Crippen LogP contribution in [0.3, 0.4) is 0 Å². The highest BCUT2D eigenvalue weighted by Crippen LogP contribution is 2.29. The molecule has 0 spiro atoms. The molecule has 2 heterocycles. The zero-order valence-electron chi connectivity index (χ0n) is 12.2. The second kappa shape index (κ2) is 6.33. The molecule has 0 aromatic heterocycles. The lowest BCUT2D eigenvalue weighted by atomic mass is 9.98. The van der Waals surface area contributed by atoms with Gasteiger partial charge in [0.1, 0.15) is 0 Å². The number of piperidine rings is 1. The fourth-order valence-corrected chi connectivity index (χ4v) is 3.71. The SMILES string of the molecule is CNCc1ccc(Cl)cc1N1CCN2CCCCC2C1. The Morgan fingerprint density at radius 2 is 2.15 bits per heavy atom. The van der Waals surface area contributed by atoms with Crippen molar-refractivity contribution < 1.29 is 0 Å². The van der Waals surface area contributed by atoms with Gasteiger partial charge < -0.3 is 10.2 Å². The van der Waals surface area contributed by atoms with E-state index in [4.69, 9.17) is 11.6 Å². The Labute approximate surface area is 126 Å². The summed E-state index contributed by atoms with van der Waals surface area (Å²) in [5, 5.41) is 4.10. The van der Waals surface area contributed by atoms with Crippen molar-refractivity contribution >= 4 is 17.3 Å². The van der Waals surface area contributed by atoms with Crippen molar-refractivity contribution in [3.63, 3.8) is 0 Å². The molecular weight excluding hydrogens is 270 g/mol. The minimum atomic E-state index is 0.735. The number of fused-ring (bicyclic) bond motifs is 1. The first-order chi connectivity index (χ1) is 9.78. The minimum absolute atomic E-state index is 0.735. The smallest absolute Gasteiger partial charge is 0.0427 e. The highest BCUT2D eigenvalue weighted by Gasteiger charge is 2.29. The van der Waals surface area contributed by atoms with Crippen LogP contribution in [0.5, 0.6) is 0 Å². The third-order valence-corrected chi connectivity index (χ3v) is 4.83. The van der Waals surface area contributed by atoms with Crippen molar-refractivity contribution in [1.82, 2.24) is 10.2 Å². The Morgan fingerprint density at radius 3 is 3.00 bits per heavy atom. The molecule has 0 aliphatic carbocycles. The second-order valence-electron chi connectivity index (χ2n) is 5.93. The first-order valence-electron chi connectivity index (χ1n) is 7.70. The summed E-state index contributed by atoms with van der Waals surface area (Å²) in [5.41, 5.74) is 2.67. The molecule has 3 nitrogen and oxygen atoms in total. The predicted molar refractivity (Wildman–Crippen MR) is 85.6 cm³/mol. The lowest BCUT2D eigenvalue weighted by Crippen LogP contribution is -2.55. The van der Waals surface area contributed by atoms with Crippen LogP contribution in [0.2, 0.25) is 5.02 Å². The van der Waals surface area contributed by atoms with Gasteiger partial charge in [-0.2, -0.15) is 0 Å². The number of hydrogen-bond acceptors (Lipinski definition) is 3. The Bertz CT molecular complexity index is 463. The lowest BCUT2D eigenvalue weighted by Gasteiger charge is -2.45. The molecule has 2 saturated heterocycles. The average Bonchev–Trinajstić information content (AvgIpc) is 2.49. The summed E-state index contributed by atoms with van der Waals surface area (Å²) in [7, 11) is 2.00. The van der Waals surface area contributed by atoms with E-state index in [9.17, 15) is 0 Å². The Kier molecular flexibility index (Phi) is 4.49. The summed E-state index contributed by atoms with van der Waals surface area (Å²) in [6.07, 6.45) is 4.10. The van der Waals surface area contributed by atoms with E-state index in [0.29, 0.717) is 0 Å². The molecule has 20 heavy (non-hydrogen) atoms. The topological polar surface area (TPSA) is 18.5 Å². The maximum atomic E-state index is 6.22. The van der Waals surface area contributed by atoms with Crippen molar-refractivity contribution in [3.8, 4) is 0 Å². The van der Waals surface area contributed by atoms with Crippen molar-refractivity contribution in [2.45, 2.75) is 31.8 Å². The van der Waals surface area contributed by atoms with Crippen LogP contribution in [0.4, 0.5) is 5.69 Å². The van der Waals surface area contributed by atoms with E-state index in [0.717, 1.165) is 30.7 Å². The van der Waals surface area contributed by atoms with Crippen LogP contribution >= 0.6 is 11.6 Å². The van der Waals surface area contributed by atoms with Crippen LogP contribution in [0.15, 0.2) is 18.2 Å². The molecule has 1 N–H and O–H groups in total. The van der Waals surface area contributed by atoms with Gasteiger partial charge >= 0.3 is 0 Å². The van der Waals surface area contributed by atoms with Gasteiger partial charge in [-0.15, -0.1) is 0 Å². The Morgan fingerprint density at radius 1 is 1.25 bits per heavy atom. The number of nitrogens with one attached hydrogen (secondary N) is 1.